The van der Waals surface area contributed by atoms with Crippen molar-refractivity contribution >= 4 is 46.6 Å². The Bertz CT molecular complexity index is 1270. The Morgan fingerprint density at radius 2 is 1.82 bits per heavy atom. The molecule has 2 aromatic carbocycles. The quantitative estimate of drug-likeness (QED) is 0.300. The van der Waals surface area contributed by atoms with Crippen molar-refractivity contribution in [1.29, 1.82) is 0 Å². The van der Waals surface area contributed by atoms with E-state index < -0.39 is 0 Å². The van der Waals surface area contributed by atoms with Crippen LogP contribution >= 0.6 is 35.0 Å². The Morgan fingerprint density at radius 3 is 2.52 bits per heavy atom. The number of aromatic nitrogens is 4. The van der Waals surface area contributed by atoms with Gasteiger partial charge in [-0.25, -0.2) is 0 Å². The van der Waals surface area contributed by atoms with Gasteiger partial charge in [-0.2, -0.15) is 0 Å². The number of amides is 1. The van der Waals surface area contributed by atoms with Crippen LogP contribution < -0.4 is 5.32 Å². The maximum absolute atomic E-state index is 12.5. The number of aryl methyl sites for hydroxylation is 2. The van der Waals surface area contributed by atoms with E-state index in [1.165, 1.54) is 17.3 Å². The van der Waals surface area contributed by atoms with Gasteiger partial charge in [-0.15, -0.1) is 10.2 Å². The molecular weight excluding hydrogens is 477 g/mol. The van der Waals surface area contributed by atoms with Crippen molar-refractivity contribution in [2.45, 2.75) is 25.4 Å². The third-order valence-corrected chi connectivity index (χ3v) is 6.47. The molecule has 33 heavy (non-hydrogen) atoms. The molecule has 6 nitrogen and oxygen atoms in total. The number of benzene rings is 2. The summed E-state index contributed by atoms with van der Waals surface area (Å²) in [5, 5.41) is 13.1. The number of hydrogen-bond donors (Lipinski definition) is 1. The molecule has 2 heterocycles. The van der Waals surface area contributed by atoms with Gasteiger partial charge < -0.3 is 5.32 Å². The molecule has 0 aliphatic heterocycles. The van der Waals surface area contributed by atoms with E-state index >= 15 is 0 Å². The van der Waals surface area contributed by atoms with Gasteiger partial charge in [-0.05, 0) is 49.7 Å². The molecule has 4 aromatic rings. The standard InChI is InChI=1S/C24H21Cl2N5OS/c1-15-9-10-20(16(2)14-15)31-23(19-8-3-4-12-27-19)29-30-24(31)33-13-11-21(32)28-22-17(25)6-5-7-18(22)26/h3-10,12,14H,11,13H2,1-2H3,(H,28,32). The summed E-state index contributed by atoms with van der Waals surface area (Å²) in [5.41, 5.74) is 4.39. The number of anilines is 1. The van der Waals surface area contributed by atoms with Crippen molar-refractivity contribution < 1.29 is 4.79 Å². The van der Waals surface area contributed by atoms with Crippen molar-refractivity contribution in [3.8, 4) is 17.2 Å². The molecule has 0 aliphatic carbocycles. The zero-order valence-electron chi connectivity index (χ0n) is 18.0. The van der Waals surface area contributed by atoms with Crippen LogP contribution in [-0.4, -0.2) is 31.4 Å². The number of hydrogen-bond acceptors (Lipinski definition) is 5. The summed E-state index contributed by atoms with van der Waals surface area (Å²) in [6.45, 7) is 4.11. The predicted molar refractivity (Wildman–Crippen MR) is 134 cm³/mol. The summed E-state index contributed by atoms with van der Waals surface area (Å²) in [6.07, 6.45) is 1.98. The van der Waals surface area contributed by atoms with Crippen LogP contribution in [0.4, 0.5) is 5.69 Å². The maximum atomic E-state index is 12.5. The smallest absolute Gasteiger partial charge is 0.225 e. The zero-order chi connectivity index (χ0) is 23.4. The van der Waals surface area contributed by atoms with E-state index in [0.29, 0.717) is 32.5 Å². The normalized spacial score (nSPS) is 10.9. The number of carbonyl (C=O) groups is 1. The fourth-order valence-corrected chi connectivity index (χ4v) is 4.73. The van der Waals surface area contributed by atoms with Crippen LogP contribution in [0.1, 0.15) is 17.5 Å². The first kappa shape index (κ1) is 23.3. The van der Waals surface area contributed by atoms with Gasteiger partial charge in [0.2, 0.25) is 5.91 Å². The maximum Gasteiger partial charge on any atom is 0.225 e. The van der Waals surface area contributed by atoms with Crippen LogP contribution in [0.5, 0.6) is 0 Å². The number of para-hydroxylation sites is 1. The summed E-state index contributed by atoms with van der Waals surface area (Å²) in [7, 11) is 0. The Hall–Kier alpha value is -2.87. The van der Waals surface area contributed by atoms with Crippen LogP contribution in [0.3, 0.4) is 0 Å². The van der Waals surface area contributed by atoms with Gasteiger partial charge >= 0.3 is 0 Å². The van der Waals surface area contributed by atoms with E-state index in [9.17, 15) is 4.79 Å². The zero-order valence-corrected chi connectivity index (χ0v) is 20.4. The van der Waals surface area contributed by atoms with Crippen LogP contribution in [0.15, 0.2) is 66.0 Å². The van der Waals surface area contributed by atoms with E-state index in [2.05, 4.69) is 52.5 Å². The van der Waals surface area contributed by atoms with Gasteiger partial charge in [-0.1, -0.05) is 64.8 Å². The minimum atomic E-state index is -0.181. The second-order valence-corrected chi connectivity index (χ2v) is 9.27. The first-order valence-corrected chi connectivity index (χ1v) is 12.0. The third kappa shape index (κ3) is 5.38. The van der Waals surface area contributed by atoms with Gasteiger partial charge in [0.25, 0.3) is 0 Å². The number of carbonyl (C=O) groups excluding carboxylic acids is 1. The van der Waals surface area contributed by atoms with Crippen molar-refractivity contribution in [3.63, 3.8) is 0 Å². The van der Waals surface area contributed by atoms with E-state index in [1.807, 2.05) is 22.8 Å². The Kier molecular flexibility index (Phi) is 7.33. The molecule has 0 radical (unpaired) electrons. The first-order chi connectivity index (χ1) is 15.9. The molecule has 0 saturated carbocycles. The second kappa shape index (κ2) is 10.4. The van der Waals surface area contributed by atoms with Gasteiger partial charge in [0.15, 0.2) is 11.0 Å². The molecule has 4 rings (SSSR count). The average Bonchev–Trinajstić information content (AvgIpc) is 3.20. The Labute approximate surface area is 206 Å². The van der Waals surface area contributed by atoms with Crippen molar-refractivity contribution in [1.82, 2.24) is 19.7 Å². The molecule has 1 amide bonds. The number of thioether (sulfide) groups is 1. The minimum Gasteiger partial charge on any atom is -0.324 e. The number of nitrogens with one attached hydrogen (secondary N) is 1. The summed E-state index contributed by atoms with van der Waals surface area (Å²) >= 11 is 13.7. The molecule has 168 valence electrons. The molecule has 2 aromatic heterocycles. The summed E-state index contributed by atoms with van der Waals surface area (Å²) < 4.78 is 1.99. The van der Waals surface area contributed by atoms with Crippen molar-refractivity contribution in [2.75, 3.05) is 11.1 Å². The van der Waals surface area contributed by atoms with Crippen LogP contribution in [0, 0.1) is 13.8 Å². The van der Waals surface area contributed by atoms with Gasteiger partial charge in [0.1, 0.15) is 5.69 Å². The topological polar surface area (TPSA) is 72.7 Å². The lowest BCUT2D eigenvalue weighted by atomic mass is 10.1. The lowest BCUT2D eigenvalue weighted by Gasteiger charge is -2.13. The number of nitrogens with zero attached hydrogens (tertiary/aromatic N) is 4. The largest absolute Gasteiger partial charge is 0.324 e. The molecule has 0 unspecified atom stereocenters. The molecule has 0 fully saturated rings. The molecule has 0 aliphatic rings. The Morgan fingerprint density at radius 1 is 1.03 bits per heavy atom. The van der Waals surface area contributed by atoms with Gasteiger partial charge in [0.05, 0.1) is 21.4 Å². The lowest BCUT2D eigenvalue weighted by molar-refractivity contribution is -0.115. The lowest BCUT2D eigenvalue weighted by Crippen LogP contribution is -2.13. The summed E-state index contributed by atoms with van der Waals surface area (Å²) in [6, 6.07) is 17.0. The molecule has 0 bridgehead atoms. The van der Waals surface area contributed by atoms with Gasteiger partial charge in [-0.3, -0.25) is 14.3 Å². The van der Waals surface area contributed by atoms with Crippen LogP contribution in [0.25, 0.3) is 17.2 Å². The number of halogens is 2. The molecule has 1 N–H and O–H groups in total. The second-order valence-electron chi connectivity index (χ2n) is 7.39. The van der Waals surface area contributed by atoms with Crippen LogP contribution in [0.2, 0.25) is 10.0 Å². The highest BCUT2D eigenvalue weighted by Gasteiger charge is 2.19. The summed E-state index contributed by atoms with van der Waals surface area (Å²) in [4.78, 5) is 16.9. The molecule has 0 saturated heterocycles. The highest BCUT2D eigenvalue weighted by molar-refractivity contribution is 7.99. The van der Waals surface area contributed by atoms with Crippen molar-refractivity contribution in [3.05, 3.63) is 82.0 Å². The van der Waals surface area contributed by atoms with Crippen molar-refractivity contribution in [2.24, 2.45) is 0 Å². The molecule has 0 atom stereocenters. The fourth-order valence-electron chi connectivity index (χ4n) is 3.35. The predicted octanol–water partition coefficient (Wildman–Crippen LogP) is 6.37. The number of pyridine rings is 1. The molecule has 9 heteroatoms. The van der Waals surface area contributed by atoms with E-state index in [4.69, 9.17) is 23.2 Å². The monoisotopic (exact) mass is 497 g/mol. The fraction of sp³-hybridized carbons (Fsp3) is 0.167. The Balaban J connectivity index is 1.55. The molecular formula is C24H21Cl2N5OS. The van der Waals surface area contributed by atoms with E-state index in [-0.39, 0.29) is 12.3 Å². The first-order valence-electron chi connectivity index (χ1n) is 10.2. The van der Waals surface area contributed by atoms with Crippen LogP contribution in [-0.2, 0) is 4.79 Å². The molecule has 0 spiro atoms. The third-order valence-electron chi connectivity index (χ3n) is 4.91. The highest BCUT2D eigenvalue weighted by Crippen LogP contribution is 2.31. The minimum absolute atomic E-state index is 0.181. The summed E-state index contributed by atoms with van der Waals surface area (Å²) in [5.74, 6) is 0.969. The highest BCUT2D eigenvalue weighted by atomic mass is 35.5. The average molecular weight is 498 g/mol. The number of rotatable bonds is 7. The van der Waals surface area contributed by atoms with E-state index in [1.54, 1.807) is 24.4 Å². The van der Waals surface area contributed by atoms with E-state index in [0.717, 1.165) is 16.9 Å². The van der Waals surface area contributed by atoms with Gasteiger partial charge in [0, 0.05) is 18.4 Å². The SMILES string of the molecule is Cc1ccc(-n2c(SCCC(=O)Nc3c(Cl)cccc3Cl)nnc2-c2ccccn2)c(C)c1.